The van der Waals surface area contributed by atoms with E-state index in [1.165, 1.54) is 6.42 Å². The summed E-state index contributed by atoms with van der Waals surface area (Å²) in [4.78, 5) is 12.3. The minimum atomic E-state index is 0.161. The fourth-order valence-corrected chi connectivity index (χ4v) is 3.02. The van der Waals surface area contributed by atoms with E-state index in [0.717, 1.165) is 41.7 Å². The van der Waals surface area contributed by atoms with Crippen LogP contribution < -0.4 is 4.74 Å². The van der Waals surface area contributed by atoms with E-state index in [2.05, 4.69) is 15.9 Å². The summed E-state index contributed by atoms with van der Waals surface area (Å²) in [5, 5.41) is 0. The van der Waals surface area contributed by atoms with Gasteiger partial charge >= 0.3 is 0 Å². The van der Waals surface area contributed by atoms with Crippen LogP contribution in [0.4, 0.5) is 0 Å². The van der Waals surface area contributed by atoms with Crippen LogP contribution in [0.2, 0.25) is 0 Å². The smallest absolute Gasteiger partial charge is 0.164 e. The van der Waals surface area contributed by atoms with Crippen molar-refractivity contribution in [2.24, 2.45) is 0 Å². The standard InChI is InChI=1S/C16H21BrO3/c1-2-19-13-6-8-14(15(17)11-13)16(18)9-7-12-5-3-4-10-20-12/h6,8,11-12H,2-5,7,9-10H2,1H3. The molecule has 0 aromatic heterocycles. The minimum absolute atomic E-state index is 0.161. The van der Waals surface area contributed by atoms with Crippen LogP contribution in [-0.2, 0) is 4.74 Å². The molecule has 1 saturated heterocycles. The van der Waals surface area contributed by atoms with Crippen LogP contribution >= 0.6 is 15.9 Å². The minimum Gasteiger partial charge on any atom is -0.494 e. The Bertz CT molecular complexity index is 453. The van der Waals surface area contributed by atoms with Gasteiger partial charge in [-0.25, -0.2) is 0 Å². The van der Waals surface area contributed by atoms with Gasteiger partial charge in [-0.2, -0.15) is 0 Å². The summed E-state index contributed by atoms with van der Waals surface area (Å²) in [5.41, 5.74) is 0.726. The molecule has 1 aliphatic heterocycles. The molecule has 0 radical (unpaired) electrons. The maximum atomic E-state index is 12.3. The van der Waals surface area contributed by atoms with Crippen molar-refractivity contribution in [3.8, 4) is 5.75 Å². The van der Waals surface area contributed by atoms with Gasteiger partial charge in [-0.05, 0) is 66.7 Å². The van der Waals surface area contributed by atoms with Crippen molar-refractivity contribution < 1.29 is 14.3 Å². The third-order valence-corrected chi connectivity index (χ3v) is 4.18. The second-order valence-corrected chi connectivity index (χ2v) is 5.88. The number of benzene rings is 1. The molecule has 1 atom stereocenters. The van der Waals surface area contributed by atoms with Crippen molar-refractivity contribution in [3.05, 3.63) is 28.2 Å². The molecule has 20 heavy (non-hydrogen) atoms. The molecule has 3 nitrogen and oxygen atoms in total. The van der Waals surface area contributed by atoms with Gasteiger partial charge in [0.15, 0.2) is 5.78 Å². The number of carbonyl (C=O) groups excluding carboxylic acids is 1. The van der Waals surface area contributed by atoms with E-state index >= 15 is 0 Å². The van der Waals surface area contributed by atoms with E-state index in [4.69, 9.17) is 9.47 Å². The van der Waals surface area contributed by atoms with Gasteiger partial charge < -0.3 is 9.47 Å². The molecular formula is C16H21BrO3. The molecule has 0 saturated carbocycles. The van der Waals surface area contributed by atoms with Crippen LogP contribution in [0.5, 0.6) is 5.75 Å². The molecule has 0 amide bonds. The predicted octanol–water partition coefficient (Wildman–Crippen LogP) is 4.38. The lowest BCUT2D eigenvalue weighted by atomic mass is 10.0. The van der Waals surface area contributed by atoms with Crippen LogP contribution in [0.15, 0.2) is 22.7 Å². The van der Waals surface area contributed by atoms with Gasteiger partial charge in [0.05, 0.1) is 12.7 Å². The lowest BCUT2D eigenvalue weighted by molar-refractivity contribution is 0.0104. The highest BCUT2D eigenvalue weighted by Gasteiger charge is 2.17. The monoisotopic (exact) mass is 340 g/mol. The summed E-state index contributed by atoms with van der Waals surface area (Å²) in [6, 6.07) is 5.53. The van der Waals surface area contributed by atoms with E-state index in [-0.39, 0.29) is 11.9 Å². The Balaban J connectivity index is 1.91. The van der Waals surface area contributed by atoms with Gasteiger partial charge in [0.25, 0.3) is 0 Å². The van der Waals surface area contributed by atoms with Crippen molar-refractivity contribution in [2.45, 2.75) is 45.1 Å². The van der Waals surface area contributed by atoms with Crippen molar-refractivity contribution in [1.29, 1.82) is 0 Å². The van der Waals surface area contributed by atoms with Gasteiger partial charge in [0.2, 0.25) is 0 Å². The van der Waals surface area contributed by atoms with E-state index in [1.54, 1.807) is 0 Å². The normalized spacial score (nSPS) is 18.8. The molecule has 4 heteroatoms. The average molecular weight is 341 g/mol. The number of ether oxygens (including phenoxy) is 2. The van der Waals surface area contributed by atoms with Crippen LogP contribution in [-0.4, -0.2) is 25.1 Å². The molecule has 110 valence electrons. The maximum absolute atomic E-state index is 12.3. The fraction of sp³-hybridized carbons (Fsp3) is 0.562. The first-order valence-electron chi connectivity index (χ1n) is 7.28. The average Bonchev–Trinajstić information content (AvgIpc) is 2.46. The number of hydrogen-bond donors (Lipinski definition) is 0. The molecule has 0 aliphatic carbocycles. The molecular weight excluding hydrogens is 320 g/mol. The number of rotatable bonds is 6. The van der Waals surface area contributed by atoms with Gasteiger partial charge in [-0.3, -0.25) is 4.79 Å². The lowest BCUT2D eigenvalue weighted by Crippen LogP contribution is -2.20. The summed E-state index contributed by atoms with van der Waals surface area (Å²) in [7, 11) is 0. The third-order valence-electron chi connectivity index (χ3n) is 3.52. The largest absolute Gasteiger partial charge is 0.494 e. The fourth-order valence-electron chi connectivity index (χ4n) is 2.44. The van der Waals surface area contributed by atoms with Crippen molar-refractivity contribution in [3.63, 3.8) is 0 Å². The first-order valence-corrected chi connectivity index (χ1v) is 8.07. The molecule has 1 heterocycles. The Morgan fingerprint density at radius 2 is 2.30 bits per heavy atom. The Kier molecular flexibility index (Phi) is 6.05. The molecule has 1 aromatic carbocycles. The van der Waals surface area contributed by atoms with Crippen molar-refractivity contribution in [1.82, 2.24) is 0 Å². The number of ketones is 1. The highest BCUT2D eigenvalue weighted by atomic mass is 79.9. The summed E-state index contributed by atoms with van der Waals surface area (Å²) in [6.07, 6.45) is 5.06. The lowest BCUT2D eigenvalue weighted by Gasteiger charge is -2.22. The Morgan fingerprint density at radius 1 is 1.45 bits per heavy atom. The van der Waals surface area contributed by atoms with E-state index in [9.17, 15) is 4.79 Å². The van der Waals surface area contributed by atoms with Crippen LogP contribution in [0.3, 0.4) is 0 Å². The quantitative estimate of drug-likeness (QED) is 0.721. The summed E-state index contributed by atoms with van der Waals surface area (Å²) in [5.74, 6) is 0.945. The summed E-state index contributed by atoms with van der Waals surface area (Å²) < 4.78 is 11.9. The summed E-state index contributed by atoms with van der Waals surface area (Å²) in [6.45, 7) is 3.40. The van der Waals surface area contributed by atoms with Gasteiger partial charge in [0, 0.05) is 23.1 Å². The van der Waals surface area contributed by atoms with Crippen LogP contribution in [0.25, 0.3) is 0 Å². The number of hydrogen-bond acceptors (Lipinski definition) is 3. The van der Waals surface area contributed by atoms with Gasteiger partial charge in [-0.15, -0.1) is 0 Å². The third kappa shape index (κ3) is 4.32. The first-order chi connectivity index (χ1) is 9.70. The molecule has 0 spiro atoms. The van der Waals surface area contributed by atoms with E-state index in [1.807, 2.05) is 25.1 Å². The summed E-state index contributed by atoms with van der Waals surface area (Å²) >= 11 is 3.45. The van der Waals surface area contributed by atoms with E-state index in [0.29, 0.717) is 13.0 Å². The zero-order valence-corrected chi connectivity index (χ0v) is 13.4. The Labute approximate surface area is 128 Å². The number of halogens is 1. The first kappa shape index (κ1) is 15.5. The molecule has 1 unspecified atom stereocenters. The second kappa shape index (κ2) is 7.79. The molecule has 1 aromatic rings. The Morgan fingerprint density at radius 3 is 2.95 bits per heavy atom. The number of Topliss-reactive ketones (excluding diaryl/α,β-unsaturated/α-hetero) is 1. The molecule has 0 bridgehead atoms. The highest BCUT2D eigenvalue weighted by molar-refractivity contribution is 9.10. The topological polar surface area (TPSA) is 35.5 Å². The van der Waals surface area contributed by atoms with Gasteiger partial charge in [0.1, 0.15) is 5.75 Å². The number of carbonyl (C=O) groups is 1. The zero-order valence-electron chi connectivity index (χ0n) is 11.9. The van der Waals surface area contributed by atoms with E-state index < -0.39 is 0 Å². The second-order valence-electron chi connectivity index (χ2n) is 5.03. The molecule has 1 aliphatic rings. The molecule has 1 fully saturated rings. The molecule has 0 N–H and O–H groups in total. The zero-order chi connectivity index (χ0) is 14.4. The van der Waals surface area contributed by atoms with Crippen LogP contribution in [0.1, 0.15) is 49.4 Å². The Hall–Kier alpha value is -0.870. The predicted molar refractivity (Wildman–Crippen MR) is 82.5 cm³/mol. The highest BCUT2D eigenvalue weighted by Crippen LogP contribution is 2.25. The van der Waals surface area contributed by atoms with Crippen molar-refractivity contribution in [2.75, 3.05) is 13.2 Å². The maximum Gasteiger partial charge on any atom is 0.164 e. The van der Waals surface area contributed by atoms with Crippen LogP contribution in [0, 0.1) is 0 Å². The van der Waals surface area contributed by atoms with Crippen molar-refractivity contribution >= 4 is 21.7 Å². The SMILES string of the molecule is CCOc1ccc(C(=O)CCC2CCCCO2)c(Br)c1. The molecule has 2 rings (SSSR count). The van der Waals surface area contributed by atoms with Gasteiger partial charge in [-0.1, -0.05) is 0 Å².